The van der Waals surface area contributed by atoms with E-state index in [1.165, 1.54) is 29.2 Å². The lowest BCUT2D eigenvalue weighted by Crippen LogP contribution is -2.53. The van der Waals surface area contributed by atoms with Crippen LogP contribution in [0.5, 0.6) is 0 Å². The molecule has 41 heavy (non-hydrogen) atoms. The Balaban J connectivity index is 1.70. The Labute approximate surface area is 260 Å². The van der Waals surface area contributed by atoms with E-state index in [0.29, 0.717) is 0 Å². The second kappa shape index (κ2) is 14.1. The molecule has 0 aliphatic heterocycles. The fourth-order valence-corrected chi connectivity index (χ4v) is 7.22. The van der Waals surface area contributed by atoms with E-state index < -0.39 is 28.5 Å². The van der Waals surface area contributed by atoms with Crippen LogP contribution in [0.1, 0.15) is 44.6 Å². The summed E-state index contributed by atoms with van der Waals surface area (Å²) in [7, 11) is -4.24. The van der Waals surface area contributed by atoms with Crippen molar-refractivity contribution >= 4 is 66.7 Å². The smallest absolute Gasteiger partial charge is 0.264 e. The van der Waals surface area contributed by atoms with Gasteiger partial charge in [0.2, 0.25) is 11.8 Å². The first-order chi connectivity index (χ1) is 19.6. The van der Waals surface area contributed by atoms with Crippen LogP contribution in [0.2, 0.25) is 10.0 Å². The second-order valence-electron chi connectivity index (χ2n) is 10.1. The monoisotopic (exact) mass is 679 g/mol. The molecule has 0 aromatic heterocycles. The van der Waals surface area contributed by atoms with Gasteiger partial charge < -0.3 is 10.2 Å². The van der Waals surface area contributed by atoms with Gasteiger partial charge in [0, 0.05) is 22.1 Å². The van der Waals surface area contributed by atoms with Crippen molar-refractivity contribution in [1.29, 1.82) is 0 Å². The minimum atomic E-state index is -4.24. The van der Waals surface area contributed by atoms with Gasteiger partial charge in [-0.1, -0.05) is 88.7 Å². The number of carbonyl (C=O) groups excluding carboxylic acids is 2. The Morgan fingerprint density at radius 1 is 0.976 bits per heavy atom. The Morgan fingerprint density at radius 3 is 2.37 bits per heavy atom. The van der Waals surface area contributed by atoms with Gasteiger partial charge in [-0.2, -0.15) is 0 Å². The van der Waals surface area contributed by atoms with Gasteiger partial charge in [-0.15, -0.1) is 0 Å². The zero-order chi connectivity index (χ0) is 29.6. The van der Waals surface area contributed by atoms with Gasteiger partial charge in [0.1, 0.15) is 12.6 Å². The highest BCUT2D eigenvalue weighted by Crippen LogP contribution is 2.33. The fourth-order valence-electron chi connectivity index (χ4n) is 4.89. The van der Waals surface area contributed by atoms with Gasteiger partial charge in [-0.25, -0.2) is 8.42 Å². The minimum absolute atomic E-state index is 0.00882. The van der Waals surface area contributed by atoms with Crippen LogP contribution in [0.3, 0.4) is 0 Å². The highest BCUT2D eigenvalue weighted by molar-refractivity contribution is 9.10. The predicted octanol–water partition coefficient (Wildman–Crippen LogP) is 6.82. The average molecular weight is 681 g/mol. The summed E-state index contributed by atoms with van der Waals surface area (Å²) in [6.45, 7) is 1.17. The lowest BCUT2D eigenvalue weighted by molar-refractivity contribution is -0.139. The zero-order valence-corrected chi connectivity index (χ0v) is 26.5. The maximum absolute atomic E-state index is 14.1. The number of rotatable bonds is 10. The van der Waals surface area contributed by atoms with Crippen LogP contribution in [0, 0.1) is 0 Å². The number of benzene rings is 3. The summed E-state index contributed by atoms with van der Waals surface area (Å²) >= 11 is 16.1. The molecule has 0 saturated heterocycles. The standard InChI is InChI=1S/C30H32BrCl2N3O4S/c1-21(30(38)34-25-11-4-2-5-12-25)35(19-22-9-8-10-23(31)17-22)29(37)20-36(28-18-24(32)15-16-27(28)33)41(39,40)26-13-6-3-7-14-26/h3,6-10,13-18,21,25H,2,4-5,11-12,19-20H2,1H3,(H,34,38)/t21-/m1/s1. The van der Waals surface area contributed by atoms with Gasteiger partial charge >= 0.3 is 0 Å². The SMILES string of the molecule is C[C@H](C(=O)NC1CCCCC1)N(Cc1cccc(Br)c1)C(=O)CN(c1cc(Cl)ccc1Cl)S(=O)(=O)c1ccccc1. The van der Waals surface area contributed by atoms with E-state index in [1.807, 2.05) is 24.3 Å². The number of hydrogen-bond donors (Lipinski definition) is 1. The molecule has 1 fully saturated rings. The summed E-state index contributed by atoms with van der Waals surface area (Å²) in [6, 6.07) is 18.8. The number of anilines is 1. The number of carbonyl (C=O) groups is 2. The molecule has 0 unspecified atom stereocenters. The third kappa shape index (κ3) is 8.03. The van der Waals surface area contributed by atoms with Gasteiger partial charge in [-0.3, -0.25) is 13.9 Å². The van der Waals surface area contributed by atoms with E-state index in [4.69, 9.17) is 23.2 Å². The maximum Gasteiger partial charge on any atom is 0.264 e. The van der Waals surface area contributed by atoms with Gasteiger partial charge in [0.25, 0.3) is 10.0 Å². The first kappa shape index (κ1) is 31.3. The number of nitrogens with one attached hydrogen (secondary N) is 1. The molecule has 2 amide bonds. The summed E-state index contributed by atoms with van der Waals surface area (Å²) in [5.41, 5.74) is 0.849. The van der Waals surface area contributed by atoms with E-state index in [9.17, 15) is 18.0 Å². The lowest BCUT2D eigenvalue weighted by Gasteiger charge is -2.33. The first-order valence-corrected chi connectivity index (χ1v) is 16.4. The molecule has 3 aromatic rings. The van der Waals surface area contributed by atoms with Crippen molar-refractivity contribution < 1.29 is 18.0 Å². The fraction of sp³-hybridized carbons (Fsp3) is 0.333. The Bertz CT molecular complexity index is 1480. The molecule has 3 aromatic carbocycles. The molecule has 4 rings (SSSR count). The predicted molar refractivity (Wildman–Crippen MR) is 167 cm³/mol. The molecule has 1 aliphatic rings. The third-order valence-electron chi connectivity index (χ3n) is 7.15. The minimum Gasteiger partial charge on any atom is -0.352 e. The number of halogens is 3. The number of nitrogens with zero attached hydrogens (tertiary/aromatic N) is 2. The van der Waals surface area contributed by atoms with Crippen molar-refractivity contribution in [3.8, 4) is 0 Å². The van der Waals surface area contributed by atoms with Gasteiger partial charge in [0.15, 0.2) is 0 Å². The van der Waals surface area contributed by atoms with Crippen molar-refractivity contribution in [3.63, 3.8) is 0 Å². The molecule has 7 nitrogen and oxygen atoms in total. The van der Waals surface area contributed by atoms with Crippen LogP contribution >= 0.6 is 39.1 Å². The average Bonchev–Trinajstić information content (AvgIpc) is 2.96. The summed E-state index contributed by atoms with van der Waals surface area (Å²) in [6.07, 6.45) is 5.04. The third-order valence-corrected chi connectivity index (χ3v) is 9.97. The molecule has 0 radical (unpaired) electrons. The summed E-state index contributed by atoms with van der Waals surface area (Å²) in [4.78, 5) is 28.9. The summed E-state index contributed by atoms with van der Waals surface area (Å²) < 4.78 is 29.6. The van der Waals surface area contributed by atoms with E-state index >= 15 is 0 Å². The zero-order valence-electron chi connectivity index (χ0n) is 22.6. The van der Waals surface area contributed by atoms with Crippen molar-refractivity contribution in [2.75, 3.05) is 10.8 Å². The number of amides is 2. The molecule has 1 N–H and O–H groups in total. The molecule has 0 heterocycles. The molecule has 0 bridgehead atoms. The van der Waals surface area contributed by atoms with Crippen LogP contribution in [0.25, 0.3) is 0 Å². The highest BCUT2D eigenvalue weighted by Gasteiger charge is 2.34. The van der Waals surface area contributed by atoms with Crippen molar-refractivity contribution in [2.24, 2.45) is 0 Å². The molecular weight excluding hydrogens is 649 g/mol. The van der Waals surface area contributed by atoms with Crippen LogP contribution in [0.4, 0.5) is 5.69 Å². The van der Waals surface area contributed by atoms with Gasteiger partial charge in [-0.05, 0) is 67.8 Å². The molecule has 218 valence electrons. The summed E-state index contributed by atoms with van der Waals surface area (Å²) in [5, 5.41) is 3.47. The normalized spacial score (nSPS) is 14.7. The van der Waals surface area contributed by atoms with E-state index in [-0.39, 0.29) is 39.1 Å². The Hall–Kier alpha value is -2.59. The quantitative estimate of drug-likeness (QED) is 0.255. The van der Waals surface area contributed by atoms with Crippen molar-refractivity contribution in [2.45, 2.75) is 62.6 Å². The molecule has 1 aliphatic carbocycles. The summed E-state index contributed by atoms with van der Waals surface area (Å²) in [5.74, 6) is -0.842. The van der Waals surface area contributed by atoms with Crippen LogP contribution in [-0.2, 0) is 26.2 Å². The molecule has 1 saturated carbocycles. The first-order valence-electron chi connectivity index (χ1n) is 13.4. The lowest BCUT2D eigenvalue weighted by atomic mass is 9.95. The van der Waals surface area contributed by atoms with Crippen LogP contribution < -0.4 is 9.62 Å². The molecule has 11 heteroatoms. The number of hydrogen-bond acceptors (Lipinski definition) is 4. The van der Waals surface area contributed by atoms with E-state index in [2.05, 4.69) is 21.2 Å². The molecule has 0 spiro atoms. The van der Waals surface area contributed by atoms with E-state index in [1.54, 1.807) is 31.2 Å². The Morgan fingerprint density at radius 2 is 1.68 bits per heavy atom. The topological polar surface area (TPSA) is 86.8 Å². The van der Waals surface area contributed by atoms with Crippen LogP contribution in [-0.4, -0.2) is 43.8 Å². The Kier molecular flexibility index (Phi) is 10.7. The molecular formula is C30H32BrCl2N3O4S. The van der Waals surface area contributed by atoms with Gasteiger partial charge in [0.05, 0.1) is 15.6 Å². The van der Waals surface area contributed by atoms with Crippen molar-refractivity contribution in [1.82, 2.24) is 10.2 Å². The largest absolute Gasteiger partial charge is 0.352 e. The van der Waals surface area contributed by atoms with Crippen molar-refractivity contribution in [3.05, 3.63) is 92.9 Å². The second-order valence-corrected chi connectivity index (χ2v) is 13.7. The number of sulfonamides is 1. The molecule has 1 atom stereocenters. The maximum atomic E-state index is 14.1. The van der Waals surface area contributed by atoms with E-state index in [0.717, 1.165) is 46.4 Å². The van der Waals surface area contributed by atoms with Crippen LogP contribution in [0.15, 0.2) is 82.2 Å². The highest BCUT2D eigenvalue weighted by atomic mass is 79.9.